The van der Waals surface area contributed by atoms with Crippen molar-refractivity contribution in [3.8, 4) is 0 Å². The number of halogens is 2. The van der Waals surface area contributed by atoms with E-state index in [2.05, 4.69) is 9.97 Å². The van der Waals surface area contributed by atoms with Gasteiger partial charge in [0.1, 0.15) is 0 Å². The molecule has 0 aliphatic rings. The van der Waals surface area contributed by atoms with Gasteiger partial charge in [-0.15, -0.1) is 0 Å². The van der Waals surface area contributed by atoms with Crippen LogP contribution in [0, 0.1) is 6.92 Å². The highest BCUT2D eigenvalue weighted by Crippen LogP contribution is 2.26. The van der Waals surface area contributed by atoms with Crippen molar-refractivity contribution in [1.29, 1.82) is 0 Å². The van der Waals surface area contributed by atoms with Crippen LogP contribution in [0.4, 0.5) is 0 Å². The minimum Gasteiger partial charge on any atom is -0.301 e. The molecule has 0 saturated carbocycles. The fraction of sp³-hybridized carbons (Fsp3) is 0.167. The first kappa shape index (κ1) is 13.5. The Morgan fingerprint density at radius 1 is 1.28 bits per heavy atom. The monoisotopic (exact) mass is 300 g/mol. The SMILES string of the molecule is Cc1cc(=O)[nH]c(SCc2ccc(Cl)c(Cl)c2)n1. The lowest BCUT2D eigenvalue weighted by Crippen LogP contribution is -2.08. The van der Waals surface area contributed by atoms with Crippen molar-refractivity contribution in [3.63, 3.8) is 0 Å². The Bertz CT molecular complexity index is 628. The van der Waals surface area contributed by atoms with Crippen LogP contribution in [-0.4, -0.2) is 9.97 Å². The first-order valence-corrected chi connectivity index (χ1v) is 6.93. The second-order valence-corrected chi connectivity index (χ2v) is 5.51. The predicted octanol–water partition coefficient (Wildman–Crippen LogP) is 3.68. The number of benzene rings is 1. The van der Waals surface area contributed by atoms with Crippen molar-refractivity contribution in [2.75, 3.05) is 0 Å². The van der Waals surface area contributed by atoms with Gasteiger partial charge in [-0.25, -0.2) is 4.98 Å². The molecular formula is C12H10Cl2N2OS. The maximum Gasteiger partial charge on any atom is 0.251 e. The standard InChI is InChI=1S/C12H10Cl2N2OS/c1-7-4-11(17)16-12(15-7)18-6-8-2-3-9(13)10(14)5-8/h2-5H,6H2,1H3,(H,15,16,17). The Hall–Kier alpha value is -0.970. The van der Waals surface area contributed by atoms with Crippen molar-refractivity contribution in [1.82, 2.24) is 9.97 Å². The molecule has 6 heteroatoms. The number of aryl methyl sites for hydroxylation is 1. The minimum atomic E-state index is -0.140. The molecule has 0 unspecified atom stereocenters. The van der Waals surface area contributed by atoms with Crippen LogP contribution in [0.5, 0.6) is 0 Å². The molecule has 94 valence electrons. The van der Waals surface area contributed by atoms with Crippen LogP contribution in [0.1, 0.15) is 11.3 Å². The summed E-state index contributed by atoms with van der Waals surface area (Å²) in [5.74, 6) is 0.670. The van der Waals surface area contributed by atoms with Gasteiger partial charge in [0.2, 0.25) is 0 Å². The quantitative estimate of drug-likeness (QED) is 0.695. The average molecular weight is 301 g/mol. The molecule has 0 radical (unpaired) electrons. The lowest BCUT2D eigenvalue weighted by atomic mass is 10.2. The topological polar surface area (TPSA) is 45.8 Å². The molecule has 2 aromatic rings. The van der Waals surface area contributed by atoms with Gasteiger partial charge in [-0.2, -0.15) is 0 Å². The molecule has 0 fully saturated rings. The summed E-state index contributed by atoms with van der Waals surface area (Å²) < 4.78 is 0. The normalized spacial score (nSPS) is 10.6. The largest absolute Gasteiger partial charge is 0.301 e. The number of hydrogen-bond acceptors (Lipinski definition) is 3. The Balaban J connectivity index is 2.11. The fourth-order valence-electron chi connectivity index (χ4n) is 1.40. The van der Waals surface area contributed by atoms with Gasteiger partial charge in [-0.05, 0) is 24.6 Å². The van der Waals surface area contributed by atoms with Crippen LogP contribution in [0.2, 0.25) is 10.0 Å². The smallest absolute Gasteiger partial charge is 0.251 e. The molecular weight excluding hydrogens is 291 g/mol. The zero-order valence-electron chi connectivity index (χ0n) is 9.54. The van der Waals surface area contributed by atoms with E-state index in [0.717, 1.165) is 5.56 Å². The second-order valence-electron chi connectivity index (χ2n) is 3.73. The van der Waals surface area contributed by atoms with Crippen LogP contribution in [0.3, 0.4) is 0 Å². The van der Waals surface area contributed by atoms with Gasteiger partial charge in [0, 0.05) is 17.5 Å². The van der Waals surface area contributed by atoms with E-state index >= 15 is 0 Å². The molecule has 0 aliphatic carbocycles. The van der Waals surface area contributed by atoms with Gasteiger partial charge in [0.25, 0.3) is 5.56 Å². The number of nitrogens with one attached hydrogen (secondary N) is 1. The van der Waals surface area contributed by atoms with E-state index in [-0.39, 0.29) is 5.56 Å². The van der Waals surface area contributed by atoms with E-state index in [0.29, 0.717) is 26.6 Å². The van der Waals surface area contributed by atoms with Crippen LogP contribution >= 0.6 is 35.0 Å². The van der Waals surface area contributed by atoms with Crippen LogP contribution in [0.25, 0.3) is 0 Å². The minimum absolute atomic E-state index is 0.140. The molecule has 2 rings (SSSR count). The number of aromatic nitrogens is 2. The van der Waals surface area contributed by atoms with Crippen molar-refractivity contribution < 1.29 is 0 Å². The number of hydrogen-bond donors (Lipinski definition) is 1. The Labute approximate surface area is 119 Å². The maximum atomic E-state index is 11.3. The third-order valence-electron chi connectivity index (χ3n) is 2.21. The van der Waals surface area contributed by atoms with Gasteiger partial charge < -0.3 is 4.98 Å². The van der Waals surface area contributed by atoms with Gasteiger partial charge in [-0.3, -0.25) is 4.79 Å². The Morgan fingerprint density at radius 2 is 2.06 bits per heavy atom. The fourth-order valence-corrected chi connectivity index (χ4v) is 2.59. The maximum absolute atomic E-state index is 11.3. The van der Waals surface area contributed by atoms with Gasteiger partial charge in [0.05, 0.1) is 10.0 Å². The highest BCUT2D eigenvalue weighted by molar-refractivity contribution is 7.98. The highest BCUT2D eigenvalue weighted by atomic mass is 35.5. The second kappa shape index (κ2) is 5.78. The number of rotatable bonds is 3. The Morgan fingerprint density at radius 3 is 2.72 bits per heavy atom. The summed E-state index contributed by atoms with van der Waals surface area (Å²) in [7, 11) is 0. The summed E-state index contributed by atoms with van der Waals surface area (Å²) in [6.45, 7) is 1.79. The number of thioether (sulfide) groups is 1. The molecule has 1 heterocycles. The van der Waals surface area contributed by atoms with Crippen molar-refractivity contribution >= 4 is 35.0 Å². The number of nitrogens with zero attached hydrogens (tertiary/aromatic N) is 1. The molecule has 0 amide bonds. The molecule has 0 spiro atoms. The molecule has 3 nitrogen and oxygen atoms in total. The van der Waals surface area contributed by atoms with Gasteiger partial charge in [0.15, 0.2) is 5.16 Å². The average Bonchev–Trinajstić information content (AvgIpc) is 2.29. The third-order valence-corrected chi connectivity index (χ3v) is 3.89. The molecule has 0 atom stereocenters. The molecule has 0 aliphatic heterocycles. The summed E-state index contributed by atoms with van der Waals surface area (Å²) in [5, 5.41) is 1.67. The van der Waals surface area contributed by atoms with Crippen LogP contribution in [-0.2, 0) is 5.75 Å². The molecule has 0 bridgehead atoms. The lowest BCUT2D eigenvalue weighted by Gasteiger charge is -2.03. The number of H-pyrrole nitrogens is 1. The lowest BCUT2D eigenvalue weighted by molar-refractivity contribution is 0.905. The van der Waals surface area contributed by atoms with Crippen LogP contribution in [0.15, 0.2) is 34.2 Å². The summed E-state index contributed by atoms with van der Waals surface area (Å²) in [6, 6.07) is 6.93. The van der Waals surface area contributed by atoms with E-state index in [1.165, 1.54) is 17.8 Å². The zero-order valence-corrected chi connectivity index (χ0v) is 11.9. The van der Waals surface area contributed by atoms with Crippen molar-refractivity contribution in [2.24, 2.45) is 0 Å². The zero-order chi connectivity index (χ0) is 13.1. The van der Waals surface area contributed by atoms with E-state index in [4.69, 9.17) is 23.2 Å². The molecule has 0 saturated heterocycles. The first-order valence-electron chi connectivity index (χ1n) is 5.19. The molecule has 18 heavy (non-hydrogen) atoms. The van der Waals surface area contributed by atoms with Crippen molar-refractivity contribution in [2.45, 2.75) is 17.8 Å². The highest BCUT2D eigenvalue weighted by Gasteiger charge is 2.03. The van der Waals surface area contributed by atoms with E-state index in [9.17, 15) is 4.79 Å². The summed E-state index contributed by atoms with van der Waals surface area (Å²) in [4.78, 5) is 18.2. The van der Waals surface area contributed by atoms with Gasteiger partial charge in [-0.1, -0.05) is 41.0 Å². The first-order chi connectivity index (χ1) is 8.54. The van der Waals surface area contributed by atoms with E-state index < -0.39 is 0 Å². The third kappa shape index (κ3) is 3.51. The van der Waals surface area contributed by atoms with Gasteiger partial charge >= 0.3 is 0 Å². The summed E-state index contributed by atoms with van der Waals surface area (Å²) in [6.07, 6.45) is 0. The van der Waals surface area contributed by atoms with Crippen LogP contribution < -0.4 is 5.56 Å². The Kier molecular flexibility index (Phi) is 4.32. The summed E-state index contributed by atoms with van der Waals surface area (Å²) >= 11 is 13.2. The van der Waals surface area contributed by atoms with Crippen molar-refractivity contribution in [3.05, 3.63) is 55.9 Å². The molecule has 1 N–H and O–H groups in total. The van der Waals surface area contributed by atoms with E-state index in [1.54, 1.807) is 13.0 Å². The number of aromatic amines is 1. The molecule has 1 aromatic carbocycles. The summed E-state index contributed by atoms with van der Waals surface area (Å²) in [5.41, 5.74) is 1.59. The predicted molar refractivity (Wildman–Crippen MR) is 75.6 cm³/mol. The molecule has 1 aromatic heterocycles. The van der Waals surface area contributed by atoms with E-state index in [1.807, 2.05) is 12.1 Å².